The molecule has 0 aliphatic rings. The van der Waals surface area contributed by atoms with Gasteiger partial charge in [-0.3, -0.25) is 0 Å². The van der Waals surface area contributed by atoms with Crippen LogP contribution in [-0.2, 0) is 0 Å². The highest BCUT2D eigenvalue weighted by Crippen LogP contribution is 2.49. The van der Waals surface area contributed by atoms with Crippen molar-refractivity contribution >= 4 is 98.3 Å². The van der Waals surface area contributed by atoms with Crippen molar-refractivity contribution in [3.63, 3.8) is 0 Å². The molecule has 12 aromatic rings. The molecule has 4 heterocycles. The summed E-state index contributed by atoms with van der Waals surface area (Å²) in [6.45, 7) is 0. The van der Waals surface area contributed by atoms with Crippen LogP contribution in [0.1, 0.15) is 0 Å². The molecule has 12 rings (SSSR count). The van der Waals surface area contributed by atoms with Gasteiger partial charge in [-0.05, 0) is 71.4 Å². The highest BCUT2D eigenvalue weighted by molar-refractivity contribution is 6.39. The van der Waals surface area contributed by atoms with Gasteiger partial charge in [-0.2, -0.15) is 0 Å². The fraction of sp³-hybridized carbons (Fsp3) is 0. The molecule has 4 nitrogen and oxygen atoms in total. The topological polar surface area (TPSA) is 36.1 Å². The van der Waals surface area contributed by atoms with Crippen molar-refractivity contribution in [1.82, 2.24) is 9.13 Å². The number of aromatic nitrogens is 2. The third kappa shape index (κ3) is 3.30. The normalized spacial score (nSPS) is 12.4. The van der Waals surface area contributed by atoms with E-state index in [1.165, 1.54) is 37.8 Å². The minimum Gasteiger partial charge on any atom is -0.456 e. The van der Waals surface area contributed by atoms with Crippen molar-refractivity contribution < 1.29 is 8.83 Å². The largest absolute Gasteiger partial charge is 0.456 e. The molecule has 0 spiro atoms. The molecule has 0 unspecified atom stereocenters. The Morgan fingerprint density at radius 3 is 1.74 bits per heavy atom. The second kappa shape index (κ2) is 9.43. The summed E-state index contributed by atoms with van der Waals surface area (Å²) < 4.78 is 18.2. The molecule has 0 fully saturated rings. The monoisotopic (exact) mass is 638 g/mol. The van der Waals surface area contributed by atoms with Crippen molar-refractivity contribution in [3.05, 3.63) is 158 Å². The molecule has 0 saturated heterocycles. The molecular weight excluding hydrogens is 613 g/mol. The summed E-state index contributed by atoms with van der Waals surface area (Å²) in [5, 5.41) is 11.6. The third-order valence-corrected chi connectivity index (χ3v) is 10.6. The Bertz CT molecular complexity index is 3370. The second-order valence-electron chi connectivity index (χ2n) is 13.3. The molecule has 50 heavy (non-hydrogen) atoms. The Morgan fingerprint density at radius 1 is 0.340 bits per heavy atom. The maximum absolute atomic E-state index is 6.92. The van der Waals surface area contributed by atoms with Gasteiger partial charge in [-0.15, -0.1) is 0 Å². The van der Waals surface area contributed by atoms with Crippen LogP contribution in [0.25, 0.3) is 110 Å². The van der Waals surface area contributed by atoms with Gasteiger partial charge in [-0.25, -0.2) is 0 Å². The Kier molecular flexibility index (Phi) is 4.94. The minimum atomic E-state index is 0.883. The number of para-hydroxylation sites is 4. The zero-order valence-corrected chi connectivity index (χ0v) is 26.7. The molecular formula is C46H26N2O2. The first kappa shape index (κ1) is 26.2. The third-order valence-electron chi connectivity index (χ3n) is 10.6. The molecule has 0 aliphatic carbocycles. The number of hydrogen-bond acceptors (Lipinski definition) is 2. The van der Waals surface area contributed by atoms with E-state index in [1.54, 1.807) is 0 Å². The molecule has 0 radical (unpaired) electrons. The number of nitrogens with zero attached hydrogens (tertiary/aromatic N) is 2. The van der Waals surface area contributed by atoms with Crippen molar-refractivity contribution in [1.29, 1.82) is 0 Å². The first-order valence-corrected chi connectivity index (χ1v) is 17.0. The predicted molar refractivity (Wildman–Crippen MR) is 207 cm³/mol. The average molecular weight is 639 g/mol. The molecule has 0 saturated carbocycles. The van der Waals surface area contributed by atoms with E-state index in [1.807, 2.05) is 0 Å². The van der Waals surface area contributed by atoms with Crippen molar-refractivity contribution in [2.45, 2.75) is 0 Å². The summed E-state index contributed by atoms with van der Waals surface area (Å²) in [4.78, 5) is 0. The zero-order chi connectivity index (χ0) is 32.5. The van der Waals surface area contributed by atoms with Gasteiger partial charge in [0.05, 0.1) is 22.1 Å². The van der Waals surface area contributed by atoms with Crippen LogP contribution in [-0.4, -0.2) is 9.13 Å². The molecule has 4 aromatic heterocycles. The van der Waals surface area contributed by atoms with E-state index in [0.29, 0.717) is 0 Å². The lowest BCUT2D eigenvalue weighted by Gasteiger charge is -2.11. The molecule has 0 N–H and O–H groups in total. The fourth-order valence-corrected chi connectivity index (χ4v) is 8.59. The summed E-state index contributed by atoms with van der Waals surface area (Å²) in [5.74, 6) is 0. The van der Waals surface area contributed by atoms with Gasteiger partial charge in [0, 0.05) is 54.5 Å². The highest BCUT2D eigenvalue weighted by atomic mass is 16.3. The molecule has 4 heteroatoms. The quantitative estimate of drug-likeness (QED) is 0.189. The number of hydrogen-bond donors (Lipinski definition) is 0. The second-order valence-corrected chi connectivity index (χ2v) is 13.3. The van der Waals surface area contributed by atoms with Gasteiger partial charge in [0.15, 0.2) is 5.58 Å². The van der Waals surface area contributed by atoms with E-state index in [2.05, 4.69) is 167 Å². The van der Waals surface area contributed by atoms with Gasteiger partial charge in [0.1, 0.15) is 16.7 Å². The van der Waals surface area contributed by atoms with E-state index >= 15 is 0 Å². The predicted octanol–water partition coefficient (Wildman–Crippen LogP) is 12.8. The lowest BCUT2D eigenvalue weighted by molar-refractivity contribution is 0.669. The van der Waals surface area contributed by atoms with Gasteiger partial charge < -0.3 is 18.0 Å². The highest BCUT2D eigenvalue weighted by Gasteiger charge is 2.27. The van der Waals surface area contributed by atoms with Crippen LogP contribution >= 0.6 is 0 Å². The first-order chi connectivity index (χ1) is 24.8. The van der Waals surface area contributed by atoms with Crippen LogP contribution in [0.15, 0.2) is 167 Å². The number of furan rings is 2. The van der Waals surface area contributed by atoms with E-state index in [9.17, 15) is 0 Å². The Morgan fingerprint density at radius 2 is 0.940 bits per heavy atom. The Balaban J connectivity index is 1.33. The first-order valence-electron chi connectivity index (χ1n) is 17.0. The van der Waals surface area contributed by atoms with E-state index in [-0.39, 0.29) is 0 Å². The van der Waals surface area contributed by atoms with E-state index < -0.39 is 0 Å². The lowest BCUT2D eigenvalue weighted by atomic mass is 10.0. The van der Waals surface area contributed by atoms with Crippen LogP contribution < -0.4 is 0 Å². The van der Waals surface area contributed by atoms with Crippen molar-refractivity contribution in [2.75, 3.05) is 0 Å². The number of rotatable bonds is 2. The SMILES string of the molecule is c1ccc(-n2c3ccccc3c3c2c2oc4ccccc4c2c2c4ccccc4n(-c4ccc5oc6cc7ccccc7cc6c5c4)c23)cc1. The summed E-state index contributed by atoms with van der Waals surface area (Å²) in [7, 11) is 0. The molecule has 0 bridgehead atoms. The van der Waals surface area contributed by atoms with Gasteiger partial charge in [0.25, 0.3) is 0 Å². The summed E-state index contributed by atoms with van der Waals surface area (Å²) in [6, 6.07) is 56.2. The van der Waals surface area contributed by atoms with E-state index in [4.69, 9.17) is 8.83 Å². The average Bonchev–Trinajstić information content (AvgIpc) is 3.91. The molecule has 8 aromatic carbocycles. The summed E-state index contributed by atoms with van der Waals surface area (Å²) in [5.41, 5.74) is 10.3. The van der Waals surface area contributed by atoms with Crippen LogP contribution in [0, 0.1) is 0 Å². The summed E-state index contributed by atoms with van der Waals surface area (Å²) in [6.07, 6.45) is 0. The maximum Gasteiger partial charge on any atom is 0.160 e. The molecule has 0 amide bonds. The number of benzene rings is 8. The molecule has 0 aliphatic heterocycles. The standard InChI is InChI=1S/C46H26N2O2/c1-2-14-29(15-3-1)47-37-20-10-7-17-32(37)43-44-41(42-33-18-8-11-21-38(33)50-46(42)45(43)47)31-16-6-9-19-36(31)48(44)30-22-23-39-35(26-30)34-24-27-12-4-5-13-28(27)25-40(34)49-39/h1-26H. The van der Waals surface area contributed by atoms with Crippen molar-refractivity contribution in [3.8, 4) is 11.4 Å². The lowest BCUT2D eigenvalue weighted by Crippen LogP contribution is -1.96. The zero-order valence-electron chi connectivity index (χ0n) is 26.7. The fourth-order valence-electron chi connectivity index (χ4n) is 8.59. The van der Waals surface area contributed by atoms with Gasteiger partial charge >= 0.3 is 0 Å². The van der Waals surface area contributed by atoms with Crippen LogP contribution in [0.5, 0.6) is 0 Å². The Labute approximate surface area is 284 Å². The van der Waals surface area contributed by atoms with Crippen molar-refractivity contribution in [2.24, 2.45) is 0 Å². The number of fused-ring (bicyclic) bond motifs is 16. The molecule has 0 atom stereocenters. The summed E-state index contributed by atoms with van der Waals surface area (Å²) >= 11 is 0. The van der Waals surface area contributed by atoms with Crippen LogP contribution in [0.4, 0.5) is 0 Å². The Hall–Kier alpha value is -6.78. The van der Waals surface area contributed by atoms with E-state index in [0.717, 1.165) is 71.8 Å². The van der Waals surface area contributed by atoms with Gasteiger partial charge in [-0.1, -0.05) is 97.1 Å². The smallest absolute Gasteiger partial charge is 0.160 e. The van der Waals surface area contributed by atoms with Crippen LogP contribution in [0.3, 0.4) is 0 Å². The maximum atomic E-state index is 6.92. The van der Waals surface area contributed by atoms with Crippen LogP contribution in [0.2, 0.25) is 0 Å². The van der Waals surface area contributed by atoms with Gasteiger partial charge in [0.2, 0.25) is 0 Å². The minimum absolute atomic E-state index is 0.883. The molecule has 232 valence electrons.